The molecule has 0 saturated heterocycles. The van der Waals surface area contributed by atoms with Crippen molar-refractivity contribution in [1.82, 2.24) is 9.97 Å². The first-order chi connectivity index (χ1) is 21.4. The predicted octanol–water partition coefficient (Wildman–Crippen LogP) is 6.21. The summed E-state index contributed by atoms with van der Waals surface area (Å²) in [6, 6.07) is 24.4. The van der Waals surface area contributed by atoms with Gasteiger partial charge in [-0.1, -0.05) is 55.3 Å². The summed E-state index contributed by atoms with van der Waals surface area (Å²) in [4.78, 5) is 74.6. The van der Waals surface area contributed by atoms with Gasteiger partial charge >= 0.3 is 0 Å². The van der Waals surface area contributed by atoms with Gasteiger partial charge in [0.2, 0.25) is 0 Å². The van der Waals surface area contributed by atoms with Crippen molar-refractivity contribution in [1.29, 1.82) is 0 Å². The van der Waals surface area contributed by atoms with Crippen molar-refractivity contribution in [2.24, 2.45) is 0 Å². The van der Waals surface area contributed by atoms with Gasteiger partial charge in [0.1, 0.15) is 11.7 Å². The summed E-state index contributed by atoms with van der Waals surface area (Å²) in [7, 11) is 0. The summed E-state index contributed by atoms with van der Waals surface area (Å²) in [6.07, 6.45) is 4.78. The van der Waals surface area contributed by atoms with Gasteiger partial charge < -0.3 is 4.98 Å². The van der Waals surface area contributed by atoms with E-state index < -0.39 is 29.0 Å². The Balaban J connectivity index is 1.10. The highest BCUT2D eigenvalue weighted by Crippen LogP contribution is 2.38. The largest absolute Gasteiger partial charge is 0.309 e. The van der Waals surface area contributed by atoms with Crippen LogP contribution in [-0.4, -0.2) is 33.3 Å². The molecule has 1 atom stereocenters. The molecule has 1 unspecified atom stereocenters. The second-order valence-electron chi connectivity index (χ2n) is 11.7. The maximum atomic E-state index is 13.5. The second-order valence-corrected chi connectivity index (χ2v) is 11.7. The number of amides is 2. The van der Waals surface area contributed by atoms with Crippen molar-refractivity contribution < 1.29 is 19.2 Å². The molecule has 8 rings (SSSR count). The zero-order valence-electron chi connectivity index (χ0n) is 23.5. The van der Waals surface area contributed by atoms with Crippen molar-refractivity contribution >= 4 is 40.0 Å². The van der Waals surface area contributed by atoms with Crippen LogP contribution in [0.5, 0.6) is 0 Å². The third-order valence-electron chi connectivity index (χ3n) is 9.18. The third kappa shape index (κ3) is 3.91. The van der Waals surface area contributed by atoms with Gasteiger partial charge in [-0.25, -0.2) is 9.88 Å². The number of carbonyl (C=O) groups excluding carboxylic acids is 4. The highest BCUT2D eigenvalue weighted by atomic mass is 16.2. The lowest BCUT2D eigenvalue weighted by Gasteiger charge is -2.16. The summed E-state index contributed by atoms with van der Waals surface area (Å²) in [6.45, 7) is 0. The Morgan fingerprint density at radius 1 is 0.659 bits per heavy atom. The van der Waals surface area contributed by atoms with Crippen LogP contribution in [-0.2, 0) is 0 Å². The van der Waals surface area contributed by atoms with Gasteiger partial charge in [0, 0.05) is 11.1 Å². The highest BCUT2D eigenvalue weighted by Gasteiger charge is 2.42. The second kappa shape index (κ2) is 9.77. The molecule has 1 aliphatic heterocycles. The normalized spacial score (nSPS) is 18.0. The topological polar surface area (TPSA) is 117 Å². The first-order valence-electron chi connectivity index (χ1n) is 14.7. The molecule has 44 heavy (non-hydrogen) atoms. The van der Waals surface area contributed by atoms with Crippen LogP contribution in [0.25, 0.3) is 22.0 Å². The van der Waals surface area contributed by atoms with Crippen molar-refractivity contribution in [2.75, 3.05) is 4.90 Å². The van der Waals surface area contributed by atoms with E-state index in [1.807, 2.05) is 24.3 Å². The molecule has 8 heteroatoms. The fraction of sp³-hybridized carbons (Fsp3) is 0.167. The average molecular weight is 580 g/mol. The number of carbonyl (C=O) groups is 4. The van der Waals surface area contributed by atoms with E-state index in [0.717, 1.165) is 12.8 Å². The van der Waals surface area contributed by atoms with E-state index in [9.17, 15) is 24.0 Å². The molecule has 1 aromatic heterocycles. The van der Waals surface area contributed by atoms with Crippen molar-refractivity contribution in [3.8, 4) is 11.1 Å². The number of ketones is 2. The van der Waals surface area contributed by atoms with Crippen LogP contribution in [0.15, 0.2) is 89.7 Å². The third-order valence-corrected chi connectivity index (χ3v) is 9.18. The molecule has 8 nitrogen and oxygen atoms in total. The number of hydrogen-bond acceptors (Lipinski definition) is 6. The first-order valence-corrected chi connectivity index (χ1v) is 14.7. The lowest BCUT2D eigenvalue weighted by Crippen LogP contribution is -2.29. The van der Waals surface area contributed by atoms with Crippen molar-refractivity contribution in [3.05, 3.63) is 129 Å². The lowest BCUT2D eigenvalue weighted by atomic mass is 9.97. The van der Waals surface area contributed by atoms with Crippen LogP contribution in [0, 0.1) is 0 Å². The van der Waals surface area contributed by atoms with Gasteiger partial charge in [0.05, 0.1) is 27.7 Å². The van der Waals surface area contributed by atoms with Gasteiger partial charge in [-0.05, 0) is 77.9 Å². The maximum Gasteiger partial charge on any atom is 0.266 e. The molecule has 2 heterocycles. The van der Waals surface area contributed by atoms with Crippen LogP contribution in [0.3, 0.4) is 0 Å². The lowest BCUT2D eigenvalue weighted by molar-refractivity contribution is 0.0880. The molecule has 0 radical (unpaired) electrons. The van der Waals surface area contributed by atoms with Crippen molar-refractivity contribution in [3.63, 3.8) is 0 Å². The number of benzene rings is 4. The quantitative estimate of drug-likeness (QED) is 0.200. The molecule has 1 fully saturated rings. The number of imide groups is 1. The van der Waals surface area contributed by atoms with E-state index in [-0.39, 0.29) is 28.4 Å². The Kier molecular flexibility index (Phi) is 5.81. The number of aromatic nitrogens is 2. The summed E-state index contributed by atoms with van der Waals surface area (Å²) in [5.41, 5.74) is 4.08. The number of rotatable bonds is 4. The fourth-order valence-electron chi connectivity index (χ4n) is 6.87. The summed E-state index contributed by atoms with van der Waals surface area (Å²) in [5.74, 6) is -2.36. The molecule has 4 aromatic carbocycles. The predicted molar refractivity (Wildman–Crippen MR) is 164 cm³/mol. The Labute approximate surface area is 251 Å². The monoisotopic (exact) mass is 579 g/mol. The number of aromatic amines is 1. The van der Waals surface area contributed by atoms with E-state index in [0.29, 0.717) is 39.2 Å². The molecule has 0 spiro atoms. The van der Waals surface area contributed by atoms with E-state index in [2.05, 4.69) is 9.97 Å². The van der Waals surface area contributed by atoms with Gasteiger partial charge in [0.15, 0.2) is 11.6 Å². The van der Waals surface area contributed by atoms with Crippen LogP contribution in [0.1, 0.15) is 90.3 Å². The number of para-hydroxylation sites is 1. The van der Waals surface area contributed by atoms with Crippen LogP contribution >= 0.6 is 0 Å². The van der Waals surface area contributed by atoms with Crippen LogP contribution in [0.4, 0.5) is 5.69 Å². The van der Waals surface area contributed by atoms with E-state index in [1.165, 1.54) is 23.3 Å². The number of fused-ring (bicyclic) bond motifs is 3. The molecular weight excluding hydrogens is 554 g/mol. The number of Topliss-reactive ketones (excluding diaryl/α,β-unsaturated/α-hetero) is 2. The standard InChI is InChI=1S/C36H25N3O5/c40-31-24-15-11-21(17-27(24)32(41)30(31)33-37-29-8-4-3-7-26(29)34(42)38-33)22-12-16-25-28(18-22)36(44)39(35(25)43)23-13-9-20(10-14-23)19-5-1-2-6-19/h3-4,7-19,30H,1-2,5-6H2,(H,37,38,42). The van der Waals surface area contributed by atoms with E-state index in [1.54, 1.807) is 60.7 Å². The maximum absolute atomic E-state index is 13.5. The van der Waals surface area contributed by atoms with Gasteiger partial charge in [-0.15, -0.1) is 0 Å². The van der Waals surface area contributed by atoms with Crippen LogP contribution in [0.2, 0.25) is 0 Å². The molecular formula is C36H25N3O5. The smallest absolute Gasteiger partial charge is 0.266 e. The first kappa shape index (κ1) is 26.2. The zero-order valence-corrected chi connectivity index (χ0v) is 23.5. The summed E-state index contributed by atoms with van der Waals surface area (Å²) >= 11 is 0. The Bertz CT molecular complexity index is 2140. The molecule has 1 saturated carbocycles. The molecule has 0 bridgehead atoms. The highest BCUT2D eigenvalue weighted by molar-refractivity contribution is 6.35. The number of hydrogen-bond donors (Lipinski definition) is 1. The number of H-pyrrole nitrogens is 1. The Morgan fingerprint density at radius 3 is 2.05 bits per heavy atom. The zero-order chi connectivity index (χ0) is 30.1. The van der Waals surface area contributed by atoms with Crippen LogP contribution < -0.4 is 10.5 Å². The molecule has 2 amide bonds. The molecule has 3 aliphatic rings. The van der Waals surface area contributed by atoms with Crippen molar-refractivity contribution in [2.45, 2.75) is 37.5 Å². The molecule has 2 aliphatic carbocycles. The van der Waals surface area contributed by atoms with E-state index in [4.69, 9.17) is 0 Å². The Hall–Kier alpha value is -5.50. The number of anilines is 1. The van der Waals surface area contributed by atoms with Gasteiger partial charge in [-0.3, -0.25) is 24.0 Å². The minimum atomic E-state index is -1.25. The van der Waals surface area contributed by atoms with Gasteiger partial charge in [0.25, 0.3) is 17.4 Å². The van der Waals surface area contributed by atoms with E-state index >= 15 is 0 Å². The number of nitrogens with zero attached hydrogens (tertiary/aromatic N) is 2. The van der Waals surface area contributed by atoms with Gasteiger partial charge in [-0.2, -0.15) is 0 Å². The molecule has 1 N–H and O–H groups in total. The minimum absolute atomic E-state index is 0.0134. The molecule has 5 aromatic rings. The fourth-order valence-corrected chi connectivity index (χ4v) is 6.87. The SMILES string of the molecule is O=C1c2ccc(-c3ccc4c(c3)C(=O)N(c3ccc(C5CCCC5)cc3)C4=O)cc2C(=O)C1c1nc2ccccc2c(=O)[nH]1. The Morgan fingerprint density at radius 2 is 1.30 bits per heavy atom. The summed E-state index contributed by atoms with van der Waals surface area (Å²) in [5, 5.41) is 0.373. The average Bonchev–Trinajstić information content (AvgIpc) is 3.74. The minimum Gasteiger partial charge on any atom is -0.309 e. The number of nitrogens with one attached hydrogen (secondary N) is 1. The summed E-state index contributed by atoms with van der Waals surface area (Å²) < 4.78 is 0. The molecule has 214 valence electrons.